The van der Waals surface area contributed by atoms with Crippen LogP contribution in [0.5, 0.6) is 0 Å². The van der Waals surface area contributed by atoms with Gasteiger partial charge in [0.15, 0.2) is 0 Å². The maximum absolute atomic E-state index is 12.4. The number of carbonyl (C=O) groups excluding carboxylic acids is 2. The summed E-state index contributed by atoms with van der Waals surface area (Å²) >= 11 is 0. The summed E-state index contributed by atoms with van der Waals surface area (Å²) in [5.41, 5.74) is 2.85. The van der Waals surface area contributed by atoms with Crippen molar-refractivity contribution in [1.82, 2.24) is 4.98 Å². The van der Waals surface area contributed by atoms with Crippen LogP contribution >= 0.6 is 0 Å². The molecule has 2 heterocycles. The van der Waals surface area contributed by atoms with Gasteiger partial charge < -0.3 is 19.7 Å². The van der Waals surface area contributed by atoms with Crippen LogP contribution in [0.25, 0.3) is 0 Å². The molecule has 1 fully saturated rings. The number of benzene rings is 1. The fourth-order valence-electron chi connectivity index (χ4n) is 2.73. The topological polar surface area (TPSA) is 80.8 Å². The first kappa shape index (κ1) is 17.9. The molecule has 0 radical (unpaired) electrons. The molecular formula is C19H21N3O4. The van der Waals surface area contributed by atoms with Crippen LogP contribution in [0.15, 0.2) is 36.5 Å². The first-order chi connectivity index (χ1) is 12.6. The van der Waals surface area contributed by atoms with Gasteiger partial charge in [-0.2, -0.15) is 0 Å². The van der Waals surface area contributed by atoms with Gasteiger partial charge in [-0.1, -0.05) is 0 Å². The van der Waals surface area contributed by atoms with Crippen LogP contribution < -0.4 is 10.2 Å². The maximum atomic E-state index is 12.4. The number of aromatic nitrogens is 1. The van der Waals surface area contributed by atoms with Gasteiger partial charge >= 0.3 is 5.97 Å². The standard InChI is InChI=1S/C19H21N3O4/c1-13-3-4-14(12-20-13)18(23)21-17-6-5-15(11-16(17)19(24)25-2)22-7-9-26-10-8-22/h3-6,11-12H,7-10H2,1-2H3,(H,21,23). The van der Waals surface area contributed by atoms with Gasteiger partial charge in [0.25, 0.3) is 5.91 Å². The van der Waals surface area contributed by atoms with Crippen LogP contribution in [0, 0.1) is 6.92 Å². The van der Waals surface area contributed by atoms with Crippen LogP contribution in [0.1, 0.15) is 26.4 Å². The Kier molecular flexibility index (Phi) is 5.48. The third kappa shape index (κ3) is 4.00. The van der Waals surface area contributed by atoms with Crippen molar-refractivity contribution in [2.75, 3.05) is 43.6 Å². The van der Waals surface area contributed by atoms with Crippen molar-refractivity contribution < 1.29 is 19.1 Å². The number of nitrogens with one attached hydrogen (secondary N) is 1. The van der Waals surface area contributed by atoms with Crippen molar-refractivity contribution in [2.45, 2.75) is 6.92 Å². The van der Waals surface area contributed by atoms with Gasteiger partial charge in [-0.05, 0) is 37.3 Å². The summed E-state index contributed by atoms with van der Waals surface area (Å²) in [6.45, 7) is 4.64. The molecule has 1 aliphatic rings. The minimum absolute atomic E-state index is 0.310. The monoisotopic (exact) mass is 355 g/mol. The highest BCUT2D eigenvalue weighted by Crippen LogP contribution is 2.25. The van der Waals surface area contributed by atoms with E-state index in [9.17, 15) is 9.59 Å². The van der Waals surface area contributed by atoms with E-state index in [0.29, 0.717) is 30.0 Å². The minimum atomic E-state index is -0.502. The number of ether oxygens (including phenoxy) is 2. The molecule has 0 atom stereocenters. The Morgan fingerprint density at radius 3 is 2.62 bits per heavy atom. The summed E-state index contributed by atoms with van der Waals surface area (Å²) < 4.78 is 10.2. The van der Waals surface area contributed by atoms with Crippen LogP contribution in [0.2, 0.25) is 0 Å². The molecule has 0 bridgehead atoms. The third-order valence-electron chi connectivity index (χ3n) is 4.21. The molecule has 2 aromatic rings. The number of aryl methyl sites for hydroxylation is 1. The van der Waals surface area contributed by atoms with Crippen molar-refractivity contribution in [3.8, 4) is 0 Å². The molecule has 7 nitrogen and oxygen atoms in total. The van der Waals surface area contributed by atoms with Gasteiger partial charge in [-0.3, -0.25) is 9.78 Å². The van der Waals surface area contributed by atoms with Crippen LogP contribution in [0.4, 0.5) is 11.4 Å². The van der Waals surface area contributed by atoms with E-state index >= 15 is 0 Å². The summed E-state index contributed by atoms with van der Waals surface area (Å²) in [6.07, 6.45) is 1.50. The van der Waals surface area contributed by atoms with Crippen molar-refractivity contribution in [3.05, 3.63) is 53.3 Å². The van der Waals surface area contributed by atoms with E-state index < -0.39 is 5.97 Å². The molecule has 26 heavy (non-hydrogen) atoms. The molecule has 1 amide bonds. The predicted molar refractivity (Wildman–Crippen MR) is 97.7 cm³/mol. The van der Waals surface area contributed by atoms with Gasteiger partial charge in [0, 0.05) is 30.7 Å². The molecule has 1 N–H and O–H groups in total. The Labute approximate surface area is 151 Å². The second-order valence-corrected chi connectivity index (χ2v) is 5.96. The van der Waals surface area contributed by atoms with Crippen molar-refractivity contribution in [1.29, 1.82) is 0 Å². The zero-order valence-corrected chi connectivity index (χ0v) is 14.8. The molecule has 1 saturated heterocycles. The minimum Gasteiger partial charge on any atom is -0.465 e. The van der Waals surface area contributed by atoms with Gasteiger partial charge in [0.05, 0.1) is 37.1 Å². The van der Waals surface area contributed by atoms with E-state index in [2.05, 4.69) is 15.2 Å². The number of methoxy groups -OCH3 is 1. The second-order valence-electron chi connectivity index (χ2n) is 5.96. The zero-order chi connectivity index (χ0) is 18.5. The highest BCUT2D eigenvalue weighted by Gasteiger charge is 2.19. The normalized spacial score (nSPS) is 14.0. The number of amides is 1. The van der Waals surface area contributed by atoms with E-state index in [1.54, 1.807) is 24.3 Å². The van der Waals surface area contributed by atoms with E-state index in [-0.39, 0.29) is 5.91 Å². The Morgan fingerprint density at radius 2 is 1.96 bits per heavy atom. The number of esters is 1. The quantitative estimate of drug-likeness (QED) is 0.848. The van der Waals surface area contributed by atoms with Gasteiger partial charge in [-0.25, -0.2) is 4.79 Å². The molecule has 7 heteroatoms. The van der Waals surface area contributed by atoms with Gasteiger partial charge in [0.1, 0.15) is 0 Å². The Hall–Kier alpha value is -2.93. The lowest BCUT2D eigenvalue weighted by molar-refractivity contribution is 0.0602. The molecular weight excluding hydrogens is 334 g/mol. The van der Waals surface area contributed by atoms with E-state index in [1.807, 2.05) is 13.0 Å². The van der Waals surface area contributed by atoms with Crippen molar-refractivity contribution in [3.63, 3.8) is 0 Å². The summed E-state index contributed by atoms with van der Waals surface area (Å²) in [7, 11) is 1.32. The molecule has 3 rings (SSSR count). The summed E-state index contributed by atoms with van der Waals surface area (Å²) in [6, 6.07) is 8.78. The molecule has 0 unspecified atom stereocenters. The predicted octanol–water partition coefficient (Wildman–Crippen LogP) is 2.27. The number of carbonyl (C=O) groups is 2. The second kappa shape index (κ2) is 7.97. The Balaban J connectivity index is 1.86. The van der Waals surface area contributed by atoms with Crippen LogP contribution in [-0.4, -0.2) is 50.3 Å². The molecule has 0 saturated carbocycles. The fourth-order valence-corrected chi connectivity index (χ4v) is 2.73. The summed E-state index contributed by atoms with van der Waals surface area (Å²) in [4.78, 5) is 30.9. The number of morpholine rings is 1. The summed E-state index contributed by atoms with van der Waals surface area (Å²) in [5.74, 6) is -0.834. The number of rotatable bonds is 4. The first-order valence-corrected chi connectivity index (χ1v) is 8.37. The smallest absolute Gasteiger partial charge is 0.340 e. The lowest BCUT2D eigenvalue weighted by Gasteiger charge is -2.29. The lowest BCUT2D eigenvalue weighted by atomic mass is 10.1. The third-order valence-corrected chi connectivity index (χ3v) is 4.21. The molecule has 1 aromatic heterocycles. The Morgan fingerprint density at radius 1 is 1.19 bits per heavy atom. The van der Waals surface area contributed by atoms with Crippen molar-refractivity contribution in [2.24, 2.45) is 0 Å². The molecule has 1 aliphatic heterocycles. The molecule has 1 aromatic carbocycles. The molecule has 136 valence electrons. The number of hydrogen-bond donors (Lipinski definition) is 1. The molecule has 0 aliphatic carbocycles. The number of anilines is 2. The Bertz CT molecular complexity index is 799. The van der Waals surface area contributed by atoms with Gasteiger partial charge in [-0.15, -0.1) is 0 Å². The average Bonchev–Trinajstić information content (AvgIpc) is 2.68. The van der Waals surface area contributed by atoms with Crippen molar-refractivity contribution >= 4 is 23.3 Å². The van der Waals surface area contributed by atoms with Crippen LogP contribution in [0.3, 0.4) is 0 Å². The average molecular weight is 355 g/mol. The SMILES string of the molecule is COC(=O)c1cc(N2CCOCC2)ccc1NC(=O)c1ccc(C)nc1. The van der Waals surface area contributed by atoms with E-state index in [4.69, 9.17) is 9.47 Å². The van der Waals surface area contributed by atoms with Gasteiger partial charge in [0.2, 0.25) is 0 Å². The van der Waals surface area contributed by atoms with E-state index in [0.717, 1.165) is 24.5 Å². The fraction of sp³-hybridized carbons (Fsp3) is 0.316. The molecule has 0 spiro atoms. The zero-order valence-electron chi connectivity index (χ0n) is 14.8. The number of pyridine rings is 1. The number of hydrogen-bond acceptors (Lipinski definition) is 6. The largest absolute Gasteiger partial charge is 0.465 e. The summed E-state index contributed by atoms with van der Waals surface area (Å²) in [5, 5.41) is 2.77. The van der Waals surface area contributed by atoms with Crippen LogP contribution in [-0.2, 0) is 9.47 Å². The highest BCUT2D eigenvalue weighted by molar-refractivity contribution is 6.08. The lowest BCUT2D eigenvalue weighted by Crippen LogP contribution is -2.36. The maximum Gasteiger partial charge on any atom is 0.340 e. The highest BCUT2D eigenvalue weighted by atomic mass is 16.5. The van der Waals surface area contributed by atoms with E-state index in [1.165, 1.54) is 13.3 Å². The number of nitrogens with zero attached hydrogens (tertiary/aromatic N) is 2. The first-order valence-electron chi connectivity index (χ1n) is 8.37.